The van der Waals surface area contributed by atoms with Crippen molar-refractivity contribution in [2.24, 2.45) is 16.0 Å². The zero-order valence-corrected chi connectivity index (χ0v) is 10.2. The molecule has 0 amide bonds. The Bertz CT molecular complexity index is 562. The molecule has 4 nitrogen and oxygen atoms in total. The molecule has 0 aliphatic carbocycles. The van der Waals surface area contributed by atoms with Gasteiger partial charge in [-0.1, -0.05) is 18.2 Å². The van der Waals surface area contributed by atoms with Crippen LogP contribution in [-0.2, 0) is 6.54 Å². The number of rotatable bonds is 3. The molecule has 0 aliphatic heterocycles. The summed E-state index contributed by atoms with van der Waals surface area (Å²) in [6.45, 7) is 2.45. The van der Waals surface area contributed by atoms with Crippen molar-refractivity contribution in [3.05, 3.63) is 53.6 Å². The molecule has 0 aromatic heterocycles. The molecular formula is C14H15N3O. The lowest BCUT2D eigenvalue weighted by molar-refractivity contribution is 0.476. The number of aromatic hydroxyl groups is 1. The molecule has 92 valence electrons. The minimum atomic E-state index is 0.128. The number of hydrogen-bond donors (Lipinski definition) is 2. The standard InChI is InChI=1S/C14H15N3O/c1-10-2-7-14(18)13(8-10)17-16-12-5-3-11(9-15)4-6-12/h2-8,18H,9,15H2,1H3. The molecule has 2 aromatic rings. The highest BCUT2D eigenvalue weighted by molar-refractivity contribution is 5.52. The summed E-state index contributed by atoms with van der Waals surface area (Å²) in [7, 11) is 0. The van der Waals surface area contributed by atoms with Crippen molar-refractivity contribution in [1.29, 1.82) is 0 Å². The first-order valence-corrected chi connectivity index (χ1v) is 5.69. The van der Waals surface area contributed by atoms with E-state index in [0.29, 0.717) is 12.2 Å². The zero-order valence-electron chi connectivity index (χ0n) is 10.2. The third kappa shape index (κ3) is 2.93. The second kappa shape index (κ2) is 5.42. The van der Waals surface area contributed by atoms with E-state index in [4.69, 9.17) is 5.73 Å². The normalized spacial score (nSPS) is 11.0. The van der Waals surface area contributed by atoms with Crippen LogP contribution in [0, 0.1) is 6.92 Å². The first-order chi connectivity index (χ1) is 8.69. The van der Waals surface area contributed by atoms with Crippen LogP contribution in [-0.4, -0.2) is 5.11 Å². The summed E-state index contributed by atoms with van der Waals surface area (Å²) in [6, 6.07) is 12.7. The lowest BCUT2D eigenvalue weighted by Gasteiger charge is -1.99. The van der Waals surface area contributed by atoms with E-state index < -0.39 is 0 Å². The Hall–Kier alpha value is -2.20. The summed E-state index contributed by atoms with van der Waals surface area (Å²) >= 11 is 0. The highest BCUT2D eigenvalue weighted by Gasteiger charge is 1.99. The third-order valence-electron chi connectivity index (χ3n) is 2.58. The molecule has 2 rings (SSSR count). The van der Waals surface area contributed by atoms with E-state index in [0.717, 1.165) is 16.8 Å². The number of aryl methyl sites for hydroxylation is 1. The van der Waals surface area contributed by atoms with Gasteiger partial charge in [0.05, 0.1) is 5.69 Å². The fourth-order valence-electron chi connectivity index (χ4n) is 1.52. The van der Waals surface area contributed by atoms with Crippen molar-refractivity contribution in [3.8, 4) is 5.75 Å². The van der Waals surface area contributed by atoms with E-state index in [2.05, 4.69) is 10.2 Å². The van der Waals surface area contributed by atoms with E-state index in [1.807, 2.05) is 37.3 Å². The van der Waals surface area contributed by atoms with Gasteiger partial charge < -0.3 is 10.8 Å². The van der Waals surface area contributed by atoms with Crippen molar-refractivity contribution >= 4 is 11.4 Å². The predicted molar refractivity (Wildman–Crippen MR) is 71.4 cm³/mol. The molecule has 0 saturated heterocycles. The highest BCUT2D eigenvalue weighted by atomic mass is 16.3. The van der Waals surface area contributed by atoms with Gasteiger partial charge in [0.1, 0.15) is 11.4 Å². The summed E-state index contributed by atoms with van der Waals surface area (Å²) in [5.41, 5.74) is 8.79. The van der Waals surface area contributed by atoms with Gasteiger partial charge in [0, 0.05) is 6.54 Å². The fourth-order valence-corrected chi connectivity index (χ4v) is 1.52. The summed E-state index contributed by atoms with van der Waals surface area (Å²) in [4.78, 5) is 0. The van der Waals surface area contributed by atoms with E-state index in [9.17, 15) is 5.11 Å². The van der Waals surface area contributed by atoms with Crippen molar-refractivity contribution in [1.82, 2.24) is 0 Å². The van der Waals surface area contributed by atoms with E-state index >= 15 is 0 Å². The van der Waals surface area contributed by atoms with Gasteiger partial charge in [0.2, 0.25) is 0 Å². The summed E-state index contributed by atoms with van der Waals surface area (Å²) < 4.78 is 0. The second-order valence-corrected chi connectivity index (χ2v) is 4.06. The average Bonchev–Trinajstić information content (AvgIpc) is 2.40. The van der Waals surface area contributed by atoms with Crippen LogP contribution < -0.4 is 5.73 Å². The van der Waals surface area contributed by atoms with Gasteiger partial charge >= 0.3 is 0 Å². The van der Waals surface area contributed by atoms with Crippen molar-refractivity contribution in [2.75, 3.05) is 0 Å². The number of azo groups is 1. The van der Waals surface area contributed by atoms with Gasteiger partial charge in [0.25, 0.3) is 0 Å². The molecule has 0 bridgehead atoms. The van der Waals surface area contributed by atoms with Crippen LogP contribution in [0.3, 0.4) is 0 Å². The molecule has 0 atom stereocenters. The summed E-state index contributed by atoms with van der Waals surface area (Å²) in [6.07, 6.45) is 0. The molecular weight excluding hydrogens is 226 g/mol. The van der Waals surface area contributed by atoms with Crippen molar-refractivity contribution in [2.45, 2.75) is 13.5 Å². The van der Waals surface area contributed by atoms with Crippen LogP contribution in [0.5, 0.6) is 5.75 Å². The smallest absolute Gasteiger partial charge is 0.143 e. The van der Waals surface area contributed by atoms with Crippen LogP contribution in [0.15, 0.2) is 52.7 Å². The van der Waals surface area contributed by atoms with Crippen LogP contribution in [0.25, 0.3) is 0 Å². The maximum absolute atomic E-state index is 9.62. The Morgan fingerprint density at radius 1 is 1.06 bits per heavy atom. The number of nitrogens with two attached hydrogens (primary N) is 1. The number of nitrogens with zero attached hydrogens (tertiary/aromatic N) is 2. The van der Waals surface area contributed by atoms with Gasteiger partial charge in [-0.15, -0.1) is 5.11 Å². The van der Waals surface area contributed by atoms with Crippen molar-refractivity contribution < 1.29 is 5.11 Å². The minimum absolute atomic E-state index is 0.128. The topological polar surface area (TPSA) is 71.0 Å². The summed E-state index contributed by atoms with van der Waals surface area (Å²) in [5, 5.41) is 17.7. The number of phenolic OH excluding ortho intramolecular Hbond substituents is 1. The SMILES string of the molecule is Cc1ccc(O)c(N=Nc2ccc(CN)cc2)c1. The van der Waals surface area contributed by atoms with Crippen LogP contribution in [0.2, 0.25) is 0 Å². The molecule has 0 radical (unpaired) electrons. The first kappa shape index (κ1) is 12.3. The Labute approximate surface area is 106 Å². The van der Waals surface area contributed by atoms with Crippen LogP contribution >= 0.6 is 0 Å². The molecule has 2 aromatic carbocycles. The van der Waals surface area contributed by atoms with E-state index in [-0.39, 0.29) is 5.75 Å². The monoisotopic (exact) mass is 241 g/mol. The molecule has 18 heavy (non-hydrogen) atoms. The van der Waals surface area contributed by atoms with Gasteiger partial charge in [-0.3, -0.25) is 0 Å². The first-order valence-electron chi connectivity index (χ1n) is 5.69. The Morgan fingerprint density at radius 2 is 1.78 bits per heavy atom. The quantitative estimate of drug-likeness (QED) is 0.806. The maximum atomic E-state index is 9.62. The Balaban J connectivity index is 2.21. The van der Waals surface area contributed by atoms with E-state index in [1.54, 1.807) is 12.1 Å². The minimum Gasteiger partial charge on any atom is -0.506 e. The number of phenols is 1. The third-order valence-corrected chi connectivity index (χ3v) is 2.58. The Morgan fingerprint density at radius 3 is 2.44 bits per heavy atom. The molecule has 3 N–H and O–H groups in total. The predicted octanol–water partition coefficient (Wildman–Crippen LogP) is 3.57. The van der Waals surface area contributed by atoms with Gasteiger partial charge in [-0.25, -0.2) is 0 Å². The van der Waals surface area contributed by atoms with Crippen molar-refractivity contribution in [3.63, 3.8) is 0 Å². The van der Waals surface area contributed by atoms with Gasteiger partial charge in [0.15, 0.2) is 0 Å². The number of benzene rings is 2. The highest BCUT2D eigenvalue weighted by Crippen LogP contribution is 2.28. The summed E-state index contributed by atoms with van der Waals surface area (Å²) in [5.74, 6) is 0.128. The lowest BCUT2D eigenvalue weighted by atomic mass is 10.2. The van der Waals surface area contributed by atoms with Gasteiger partial charge in [-0.05, 0) is 42.3 Å². The fraction of sp³-hybridized carbons (Fsp3) is 0.143. The second-order valence-electron chi connectivity index (χ2n) is 4.06. The number of hydrogen-bond acceptors (Lipinski definition) is 4. The molecule has 0 aliphatic rings. The average molecular weight is 241 g/mol. The molecule has 4 heteroatoms. The largest absolute Gasteiger partial charge is 0.506 e. The zero-order chi connectivity index (χ0) is 13.0. The molecule has 0 unspecified atom stereocenters. The van der Waals surface area contributed by atoms with Gasteiger partial charge in [-0.2, -0.15) is 5.11 Å². The lowest BCUT2D eigenvalue weighted by Crippen LogP contribution is -1.94. The molecule has 0 spiro atoms. The van der Waals surface area contributed by atoms with Crippen LogP contribution in [0.1, 0.15) is 11.1 Å². The van der Waals surface area contributed by atoms with E-state index in [1.165, 1.54) is 0 Å². The van der Waals surface area contributed by atoms with Crippen LogP contribution in [0.4, 0.5) is 11.4 Å². The maximum Gasteiger partial charge on any atom is 0.143 e. The Kier molecular flexibility index (Phi) is 3.69. The molecule has 0 fully saturated rings. The molecule has 0 saturated carbocycles. The molecule has 0 heterocycles.